The molecule has 2 aromatic rings. The van der Waals surface area contributed by atoms with Crippen LogP contribution >= 0.6 is 0 Å². The summed E-state index contributed by atoms with van der Waals surface area (Å²) in [5.74, 6) is 0.178. The van der Waals surface area contributed by atoms with Crippen molar-refractivity contribution in [1.29, 1.82) is 0 Å². The number of rotatable bonds is 2. The molecule has 0 aliphatic carbocycles. The summed E-state index contributed by atoms with van der Waals surface area (Å²) in [5, 5.41) is 16.6. The molecule has 2 N–H and O–H groups in total. The summed E-state index contributed by atoms with van der Waals surface area (Å²) in [5.41, 5.74) is 3.31. The van der Waals surface area contributed by atoms with Crippen molar-refractivity contribution in [2.75, 3.05) is 0 Å². The molecule has 21 heavy (non-hydrogen) atoms. The second-order valence-electron chi connectivity index (χ2n) is 5.60. The predicted molar refractivity (Wildman–Crippen MR) is 84.5 cm³/mol. The normalized spacial score (nSPS) is 27.7. The van der Waals surface area contributed by atoms with Gasteiger partial charge in [-0.1, -0.05) is 72.7 Å². The van der Waals surface area contributed by atoms with E-state index in [1.165, 1.54) is 11.1 Å². The Bertz CT molecular complexity index is 610. The molecule has 1 heterocycles. The number of nitrogens with one attached hydrogen (secondary N) is 1. The fraction of sp³-hybridized carbons (Fsp3) is 0.278. The molecule has 0 bridgehead atoms. The van der Waals surface area contributed by atoms with Crippen molar-refractivity contribution in [3.05, 3.63) is 71.8 Å². The van der Waals surface area contributed by atoms with Crippen molar-refractivity contribution in [3.63, 3.8) is 0 Å². The van der Waals surface area contributed by atoms with Gasteiger partial charge in [0.15, 0.2) is 0 Å². The summed E-state index contributed by atoms with van der Waals surface area (Å²) in [6.07, 6.45) is 0.741. The Hall–Kier alpha value is -2.13. The minimum absolute atomic E-state index is 0.163. The SMILES string of the molecule is C[C@H]1C(=NO)C[C@@H](c2ccccc2)N[C@H]1c1ccccc1. The van der Waals surface area contributed by atoms with Crippen LogP contribution in [-0.2, 0) is 0 Å². The summed E-state index contributed by atoms with van der Waals surface area (Å²) < 4.78 is 0. The number of piperidine rings is 1. The van der Waals surface area contributed by atoms with Crippen molar-refractivity contribution in [1.82, 2.24) is 5.32 Å². The maximum Gasteiger partial charge on any atom is 0.0636 e. The molecule has 108 valence electrons. The topological polar surface area (TPSA) is 44.6 Å². The number of benzene rings is 2. The number of oxime groups is 1. The number of hydrogen-bond donors (Lipinski definition) is 2. The van der Waals surface area contributed by atoms with Crippen molar-refractivity contribution in [2.45, 2.75) is 25.4 Å². The van der Waals surface area contributed by atoms with Crippen LogP contribution < -0.4 is 5.32 Å². The molecule has 0 spiro atoms. The Morgan fingerprint density at radius 1 is 0.952 bits per heavy atom. The Kier molecular flexibility index (Phi) is 4.02. The lowest BCUT2D eigenvalue weighted by Gasteiger charge is -2.37. The highest BCUT2D eigenvalue weighted by Crippen LogP contribution is 2.35. The molecule has 1 fully saturated rings. The lowest BCUT2D eigenvalue weighted by Crippen LogP contribution is -2.41. The van der Waals surface area contributed by atoms with Crippen molar-refractivity contribution < 1.29 is 5.21 Å². The zero-order valence-electron chi connectivity index (χ0n) is 12.1. The molecule has 1 aliphatic rings. The third-order valence-corrected chi connectivity index (χ3v) is 4.31. The summed E-state index contributed by atoms with van der Waals surface area (Å²) in [4.78, 5) is 0. The molecule has 0 saturated carbocycles. The summed E-state index contributed by atoms with van der Waals surface area (Å²) in [6, 6.07) is 21.0. The largest absolute Gasteiger partial charge is 0.411 e. The maximum atomic E-state index is 9.35. The van der Waals surface area contributed by atoms with Crippen molar-refractivity contribution in [2.24, 2.45) is 11.1 Å². The Balaban J connectivity index is 1.93. The molecule has 1 aliphatic heterocycles. The molecule has 3 nitrogen and oxygen atoms in total. The van der Waals surface area contributed by atoms with E-state index < -0.39 is 0 Å². The predicted octanol–water partition coefficient (Wildman–Crippen LogP) is 3.93. The van der Waals surface area contributed by atoms with Gasteiger partial charge in [0.1, 0.15) is 0 Å². The monoisotopic (exact) mass is 280 g/mol. The van der Waals surface area contributed by atoms with Crippen LogP contribution in [0.2, 0.25) is 0 Å². The lowest BCUT2D eigenvalue weighted by atomic mass is 9.81. The van der Waals surface area contributed by atoms with E-state index in [9.17, 15) is 5.21 Å². The first-order valence-corrected chi connectivity index (χ1v) is 7.36. The van der Waals surface area contributed by atoms with Gasteiger partial charge in [-0.15, -0.1) is 0 Å². The van der Waals surface area contributed by atoms with E-state index in [0.717, 1.165) is 12.1 Å². The summed E-state index contributed by atoms with van der Waals surface area (Å²) >= 11 is 0. The standard InChI is InChI=1S/C18H20N2O/c1-13-16(20-21)12-17(14-8-4-2-5-9-14)19-18(13)15-10-6-3-7-11-15/h2-11,13,17-19,21H,12H2,1H3/t13-,17-,18+/m0/s1. The first-order valence-electron chi connectivity index (χ1n) is 7.36. The van der Waals surface area contributed by atoms with E-state index in [4.69, 9.17) is 0 Å². The van der Waals surface area contributed by atoms with Gasteiger partial charge in [0.25, 0.3) is 0 Å². The highest BCUT2D eigenvalue weighted by atomic mass is 16.4. The van der Waals surface area contributed by atoms with Gasteiger partial charge in [0, 0.05) is 24.4 Å². The van der Waals surface area contributed by atoms with Crippen LogP contribution in [0.4, 0.5) is 0 Å². The van der Waals surface area contributed by atoms with Crippen molar-refractivity contribution in [3.8, 4) is 0 Å². The Labute approximate surface area is 125 Å². The minimum Gasteiger partial charge on any atom is -0.411 e. The third-order valence-electron chi connectivity index (χ3n) is 4.31. The molecule has 0 unspecified atom stereocenters. The van der Waals surface area contributed by atoms with Crippen molar-refractivity contribution >= 4 is 5.71 Å². The quantitative estimate of drug-likeness (QED) is 0.646. The van der Waals surface area contributed by atoms with Crippen LogP contribution in [0.5, 0.6) is 0 Å². The second-order valence-corrected chi connectivity index (χ2v) is 5.60. The minimum atomic E-state index is 0.163. The first-order chi connectivity index (χ1) is 10.3. The molecule has 3 rings (SSSR count). The van der Waals surface area contributed by atoms with Gasteiger partial charge in [-0.2, -0.15) is 0 Å². The van der Waals surface area contributed by atoms with Gasteiger partial charge >= 0.3 is 0 Å². The highest BCUT2D eigenvalue weighted by molar-refractivity contribution is 5.88. The third kappa shape index (κ3) is 2.83. The van der Waals surface area contributed by atoms with E-state index >= 15 is 0 Å². The molecule has 3 atom stereocenters. The van der Waals surface area contributed by atoms with E-state index in [1.807, 2.05) is 36.4 Å². The first kappa shape index (κ1) is 13.8. The van der Waals surface area contributed by atoms with Crippen LogP contribution in [-0.4, -0.2) is 10.9 Å². The lowest BCUT2D eigenvalue weighted by molar-refractivity contribution is 0.294. The van der Waals surface area contributed by atoms with E-state index in [0.29, 0.717) is 0 Å². The van der Waals surface area contributed by atoms with E-state index in [2.05, 4.69) is 41.7 Å². The fourth-order valence-corrected chi connectivity index (χ4v) is 3.08. The van der Waals surface area contributed by atoms with Crippen LogP contribution in [0.15, 0.2) is 65.8 Å². The average molecular weight is 280 g/mol. The second kappa shape index (κ2) is 6.10. The molecule has 0 amide bonds. The average Bonchev–Trinajstić information content (AvgIpc) is 2.56. The van der Waals surface area contributed by atoms with Gasteiger partial charge in [0.2, 0.25) is 0 Å². The number of nitrogens with zero attached hydrogens (tertiary/aromatic N) is 1. The zero-order chi connectivity index (χ0) is 14.7. The molecule has 0 aromatic heterocycles. The molecule has 2 aromatic carbocycles. The summed E-state index contributed by atoms with van der Waals surface area (Å²) in [6.45, 7) is 2.11. The van der Waals surface area contributed by atoms with Crippen LogP contribution in [0.25, 0.3) is 0 Å². The molecule has 3 heteroatoms. The van der Waals surface area contributed by atoms with Gasteiger partial charge < -0.3 is 10.5 Å². The van der Waals surface area contributed by atoms with Gasteiger partial charge in [-0.25, -0.2) is 0 Å². The maximum absolute atomic E-state index is 9.35. The summed E-state index contributed by atoms with van der Waals surface area (Å²) in [7, 11) is 0. The van der Waals surface area contributed by atoms with E-state index in [-0.39, 0.29) is 18.0 Å². The van der Waals surface area contributed by atoms with Crippen LogP contribution in [0, 0.1) is 5.92 Å². The molecular weight excluding hydrogens is 260 g/mol. The van der Waals surface area contributed by atoms with Gasteiger partial charge in [-0.3, -0.25) is 0 Å². The van der Waals surface area contributed by atoms with Crippen LogP contribution in [0.1, 0.15) is 36.6 Å². The zero-order valence-corrected chi connectivity index (χ0v) is 12.1. The van der Waals surface area contributed by atoms with Gasteiger partial charge in [-0.05, 0) is 11.1 Å². The smallest absolute Gasteiger partial charge is 0.0636 e. The molecule has 1 saturated heterocycles. The van der Waals surface area contributed by atoms with E-state index in [1.54, 1.807) is 0 Å². The van der Waals surface area contributed by atoms with Gasteiger partial charge in [0.05, 0.1) is 5.71 Å². The highest BCUT2D eigenvalue weighted by Gasteiger charge is 2.33. The Morgan fingerprint density at radius 3 is 2.10 bits per heavy atom. The molecular formula is C18H20N2O. The molecule has 0 radical (unpaired) electrons. The van der Waals surface area contributed by atoms with Crippen LogP contribution in [0.3, 0.4) is 0 Å². The Morgan fingerprint density at radius 2 is 1.52 bits per heavy atom. The fourth-order valence-electron chi connectivity index (χ4n) is 3.08. The number of hydrogen-bond acceptors (Lipinski definition) is 3.